The Hall–Kier alpha value is -0.410. The number of nitrogens with zero attached hydrogens (tertiary/aromatic N) is 1. The number of nitrogens with two attached hydrogens (primary N) is 1. The standard InChI is InChI=1S/C6H10N2S/c1-5(2-7)6-3-8-4-9-6/h3-5H,2,7H2,1H3. The van der Waals surface area contributed by atoms with Crippen molar-refractivity contribution in [2.45, 2.75) is 12.8 Å². The van der Waals surface area contributed by atoms with Gasteiger partial charge < -0.3 is 5.73 Å². The minimum atomic E-state index is 0.470. The van der Waals surface area contributed by atoms with E-state index in [-0.39, 0.29) is 0 Å². The minimum absolute atomic E-state index is 0.470. The van der Waals surface area contributed by atoms with Gasteiger partial charge in [-0.15, -0.1) is 11.3 Å². The Morgan fingerprint density at radius 1 is 1.89 bits per heavy atom. The summed E-state index contributed by atoms with van der Waals surface area (Å²) in [4.78, 5) is 5.23. The summed E-state index contributed by atoms with van der Waals surface area (Å²) in [5, 5.41) is 0. The second kappa shape index (κ2) is 2.94. The van der Waals surface area contributed by atoms with Gasteiger partial charge in [0.2, 0.25) is 0 Å². The Labute approximate surface area is 58.7 Å². The van der Waals surface area contributed by atoms with E-state index < -0.39 is 0 Å². The number of hydrogen-bond donors (Lipinski definition) is 1. The second-order valence-corrected chi connectivity index (χ2v) is 2.96. The zero-order valence-electron chi connectivity index (χ0n) is 5.37. The van der Waals surface area contributed by atoms with Gasteiger partial charge >= 0.3 is 0 Å². The van der Waals surface area contributed by atoms with E-state index in [0.29, 0.717) is 12.5 Å². The van der Waals surface area contributed by atoms with E-state index in [1.54, 1.807) is 11.3 Å². The monoisotopic (exact) mass is 142 g/mol. The van der Waals surface area contributed by atoms with Crippen LogP contribution < -0.4 is 5.73 Å². The number of hydrogen-bond acceptors (Lipinski definition) is 3. The van der Waals surface area contributed by atoms with Gasteiger partial charge in [0.1, 0.15) is 0 Å². The van der Waals surface area contributed by atoms with E-state index in [1.165, 1.54) is 4.88 Å². The van der Waals surface area contributed by atoms with Crippen LogP contribution in [0.15, 0.2) is 11.7 Å². The Kier molecular flexibility index (Phi) is 2.19. The van der Waals surface area contributed by atoms with Crippen molar-refractivity contribution in [2.75, 3.05) is 6.54 Å². The van der Waals surface area contributed by atoms with E-state index in [0.717, 1.165) is 0 Å². The molecule has 3 heteroatoms. The average molecular weight is 142 g/mol. The van der Waals surface area contributed by atoms with Crippen LogP contribution in [0.5, 0.6) is 0 Å². The normalized spacial score (nSPS) is 13.6. The maximum absolute atomic E-state index is 5.44. The van der Waals surface area contributed by atoms with Crippen molar-refractivity contribution >= 4 is 11.3 Å². The molecule has 0 aliphatic carbocycles. The highest BCUT2D eigenvalue weighted by Gasteiger charge is 2.02. The van der Waals surface area contributed by atoms with Crippen LogP contribution in [-0.2, 0) is 0 Å². The summed E-state index contributed by atoms with van der Waals surface area (Å²) >= 11 is 1.66. The number of thiazole rings is 1. The number of aromatic nitrogens is 1. The van der Waals surface area contributed by atoms with Crippen molar-refractivity contribution < 1.29 is 0 Å². The lowest BCUT2D eigenvalue weighted by Crippen LogP contribution is -2.06. The molecule has 0 saturated carbocycles. The smallest absolute Gasteiger partial charge is 0.0794 e. The largest absolute Gasteiger partial charge is 0.330 e. The first-order chi connectivity index (χ1) is 4.34. The van der Waals surface area contributed by atoms with Gasteiger partial charge in [0.25, 0.3) is 0 Å². The van der Waals surface area contributed by atoms with Crippen molar-refractivity contribution in [3.8, 4) is 0 Å². The van der Waals surface area contributed by atoms with Crippen LogP contribution in [0.25, 0.3) is 0 Å². The van der Waals surface area contributed by atoms with Gasteiger partial charge in [-0.05, 0) is 6.54 Å². The second-order valence-electron chi connectivity index (χ2n) is 2.04. The molecule has 0 radical (unpaired) electrons. The van der Waals surface area contributed by atoms with Crippen molar-refractivity contribution in [2.24, 2.45) is 5.73 Å². The topological polar surface area (TPSA) is 38.9 Å². The molecule has 0 saturated heterocycles. The Bertz CT molecular complexity index is 160. The van der Waals surface area contributed by atoms with Crippen LogP contribution in [0.4, 0.5) is 0 Å². The fourth-order valence-electron chi connectivity index (χ4n) is 0.585. The minimum Gasteiger partial charge on any atom is -0.330 e. The lowest BCUT2D eigenvalue weighted by molar-refractivity contribution is 0.787. The zero-order valence-corrected chi connectivity index (χ0v) is 6.19. The van der Waals surface area contributed by atoms with Crippen LogP contribution in [0.1, 0.15) is 17.7 Å². The molecule has 0 amide bonds. The predicted octanol–water partition coefficient (Wildman–Crippen LogP) is 1.21. The van der Waals surface area contributed by atoms with Gasteiger partial charge in [-0.1, -0.05) is 6.92 Å². The van der Waals surface area contributed by atoms with Crippen LogP contribution in [0, 0.1) is 0 Å². The molecular weight excluding hydrogens is 132 g/mol. The molecule has 1 aromatic rings. The molecule has 0 fully saturated rings. The summed E-state index contributed by atoms with van der Waals surface area (Å²) in [7, 11) is 0. The molecule has 0 aliphatic heterocycles. The summed E-state index contributed by atoms with van der Waals surface area (Å²) in [6.07, 6.45) is 1.88. The molecule has 0 aliphatic rings. The van der Waals surface area contributed by atoms with E-state index in [2.05, 4.69) is 11.9 Å². The summed E-state index contributed by atoms with van der Waals surface area (Å²) in [6.45, 7) is 2.82. The van der Waals surface area contributed by atoms with E-state index >= 15 is 0 Å². The zero-order chi connectivity index (χ0) is 6.69. The highest BCUT2D eigenvalue weighted by atomic mass is 32.1. The van der Waals surface area contributed by atoms with Gasteiger partial charge in [0.05, 0.1) is 5.51 Å². The molecule has 1 unspecified atom stereocenters. The van der Waals surface area contributed by atoms with Crippen LogP contribution in [0.2, 0.25) is 0 Å². The molecule has 0 spiro atoms. The lowest BCUT2D eigenvalue weighted by atomic mass is 10.2. The molecular formula is C6H10N2S. The van der Waals surface area contributed by atoms with Crippen molar-refractivity contribution in [3.63, 3.8) is 0 Å². The molecule has 1 atom stereocenters. The fourth-order valence-corrected chi connectivity index (χ4v) is 1.28. The summed E-state index contributed by atoms with van der Waals surface area (Å²) < 4.78 is 0. The maximum Gasteiger partial charge on any atom is 0.0794 e. The molecule has 1 heterocycles. The van der Waals surface area contributed by atoms with Crippen molar-refractivity contribution in [3.05, 3.63) is 16.6 Å². The first kappa shape index (κ1) is 6.71. The van der Waals surface area contributed by atoms with Crippen molar-refractivity contribution in [1.29, 1.82) is 0 Å². The molecule has 9 heavy (non-hydrogen) atoms. The SMILES string of the molecule is CC(CN)c1cncs1. The molecule has 2 nitrogen and oxygen atoms in total. The van der Waals surface area contributed by atoms with Gasteiger partial charge in [-0.2, -0.15) is 0 Å². The molecule has 1 aromatic heterocycles. The summed E-state index contributed by atoms with van der Waals surface area (Å²) in [5.74, 6) is 0.470. The summed E-state index contributed by atoms with van der Waals surface area (Å²) in [6, 6.07) is 0. The molecule has 0 bridgehead atoms. The maximum atomic E-state index is 5.44. The molecule has 50 valence electrons. The van der Waals surface area contributed by atoms with Crippen LogP contribution in [-0.4, -0.2) is 11.5 Å². The highest BCUT2D eigenvalue weighted by Crippen LogP contribution is 2.16. The highest BCUT2D eigenvalue weighted by molar-refractivity contribution is 7.09. The predicted molar refractivity (Wildman–Crippen MR) is 39.6 cm³/mol. The number of rotatable bonds is 2. The Morgan fingerprint density at radius 3 is 3.11 bits per heavy atom. The third-order valence-electron chi connectivity index (χ3n) is 1.29. The van der Waals surface area contributed by atoms with Gasteiger partial charge in [0.15, 0.2) is 0 Å². The summed E-state index contributed by atoms with van der Waals surface area (Å²) in [5.41, 5.74) is 7.28. The lowest BCUT2D eigenvalue weighted by Gasteiger charge is -2.01. The van der Waals surface area contributed by atoms with Gasteiger partial charge in [0, 0.05) is 17.0 Å². The fraction of sp³-hybridized carbons (Fsp3) is 0.500. The molecule has 1 rings (SSSR count). The molecule has 2 N–H and O–H groups in total. The van der Waals surface area contributed by atoms with E-state index in [1.807, 2.05) is 11.7 Å². The Balaban J connectivity index is 2.65. The first-order valence-corrected chi connectivity index (χ1v) is 3.81. The third kappa shape index (κ3) is 1.50. The molecule has 0 aromatic carbocycles. The first-order valence-electron chi connectivity index (χ1n) is 2.93. The van der Waals surface area contributed by atoms with E-state index in [9.17, 15) is 0 Å². The van der Waals surface area contributed by atoms with E-state index in [4.69, 9.17) is 5.73 Å². The quantitative estimate of drug-likeness (QED) is 0.674. The van der Waals surface area contributed by atoms with Gasteiger partial charge in [-0.25, -0.2) is 0 Å². The third-order valence-corrected chi connectivity index (χ3v) is 2.30. The van der Waals surface area contributed by atoms with Crippen LogP contribution >= 0.6 is 11.3 Å². The van der Waals surface area contributed by atoms with Crippen LogP contribution in [0.3, 0.4) is 0 Å². The average Bonchev–Trinajstić information content (AvgIpc) is 2.37. The van der Waals surface area contributed by atoms with Gasteiger partial charge in [-0.3, -0.25) is 4.98 Å². The van der Waals surface area contributed by atoms with Crippen molar-refractivity contribution in [1.82, 2.24) is 4.98 Å². The Morgan fingerprint density at radius 2 is 2.67 bits per heavy atom.